The van der Waals surface area contributed by atoms with E-state index in [0.29, 0.717) is 12.8 Å². The van der Waals surface area contributed by atoms with Gasteiger partial charge < -0.3 is 31.0 Å². The van der Waals surface area contributed by atoms with Crippen molar-refractivity contribution in [2.45, 2.75) is 233 Å². The predicted molar refractivity (Wildman–Crippen MR) is 221 cm³/mol. The molecule has 0 aliphatic heterocycles. The van der Waals surface area contributed by atoms with Gasteiger partial charge in [-0.3, -0.25) is 9.59 Å². The Kier molecular flexibility index (Phi) is 52.3. The summed E-state index contributed by atoms with van der Waals surface area (Å²) in [5.41, 5.74) is -0.0284. The van der Waals surface area contributed by atoms with E-state index in [9.17, 15) is 9.59 Å². The van der Waals surface area contributed by atoms with Crippen LogP contribution in [-0.4, -0.2) is 62.8 Å². The summed E-state index contributed by atoms with van der Waals surface area (Å²) in [4.78, 5) is 20.7. The van der Waals surface area contributed by atoms with Crippen LogP contribution in [0.4, 0.5) is 0 Å². The van der Waals surface area contributed by atoms with Crippen LogP contribution in [0.2, 0.25) is 0 Å². The third kappa shape index (κ3) is 44.7. The topological polar surface area (TPSA) is 167 Å². The Bertz CT molecular complexity index is 683. The first-order chi connectivity index (χ1) is 24.7. The first kappa shape index (κ1) is 57.2. The van der Waals surface area contributed by atoms with Gasteiger partial charge in [0.25, 0.3) is 0 Å². The number of rotatable bonds is 36. The highest BCUT2D eigenvalue weighted by molar-refractivity contribution is 5.66. The molecule has 0 aliphatic rings. The third-order valence-electron chi connectivity index (χ3n) is 10.2. The van der Waals surface area contributed by atoms with Gasteiger partial charge in [0.15, 0.2) is 0 Å². The van der Waals surface area contributed by atoms with E-state index in [-0.39, 0.29) is 25.3 Å². The standard InChI is InChI=1S/2C18H36O2.C8H16O3.H2O/c2*1-2-3-4-5-6-7-8-9-10-11-12-13-14-15-16-17-18(19)20;1-3-7(2)8(4-9,5-10)6-11;/h2*2-17H2,1H3,(H,19,20);3,9-11H,4-6H2,1-2H3;1H2. The van der Waals surface area contributed by atoms with Gasteiger partial charge in [0.1, 0.15) is 0 Å². The van der Waals surface area contributed by atoms with Crippen molar-refractivity contribution in [3.05, 3.63) is 11.6 Å². The van der Waals surface area contributed by atoms with Gasteiger partial charge in [0, 0.05) is 12.8 Å². The average Bonchev–Trinajstić information content (AvgIpc) is 3.12. The molecule has 0 aromatic heterocycles. The molecular weight excluding hydrogens is 656 g/mol. The van der Waals surface area contributed by atoms with Crippen LogP contribution in [0.5, 0.6) is 0 Å². The van der Waals surface area contributed by atoms with Crippen molar-refractivity contribution >= 4 is 11.9 Å². The normalized spacial score (nSPS) is 11.2. The minimum atomic E-state index is -0.839. The van der Waals surface area contributed by atoms with E-state index in [0.717, 1.165) is 31.3 Å². The molecule has 0 saturated heterocycles. The minimum absolute atomic E-state index is 0. The SMILES string of the molecule is CC=C(C)C(CO)(CO)CO.CCCCCCCCCCCCCCCCCC(=O)O.CCCCCCCCCCCCCCCCCC(=O)O.O. The fraction of sp³-hybridized carbons (Fsp3) is 0.909. The largest absolute Gasteiger partial charge is 0.481 e. The molecule has 8 heteroatoms. The summed E-state index contributed by atoms with van der Waals surface area (Å²) in [6, 6.07) is 0. The number of aliphatic carboxylic acids is 2. The molecule has 0 aliphatic carbocycles. The molecule has 0 heterocycles. The summed E-state index contributed by atoms with van der Waals surface area (Å²) >= 11 is 0. The van der Waals surface area contributed by atoms with Crippen LogP contribution >= 0.6 is 0 Å². The molecule has 8 nitrogen and oxygen atoms in total. The zero-order valence-corrected chi connectivity index (χ0v) is 34.9. The third-order valence-corrected chi connectivity index (χ3v) is 10.2. The lowest BCUT2D eigenvalue weighted by Crippen LogP contribution is -2.35. The van der Waals surface area contributed by atoms with Crippen molar-refractivity contribution in [3.8, 4) is 0 Å². The number of hydrogen-bond donors (Lipinski definition) is 5. The van der Waals surface area contributed by atoms with Gasteiger partial charge in [-0.1, -0.05) is 205 Å². The number of allylic oxidation sites excluding steroid dienone is 1. The molecule has 0 amide bonds. The number of carboxylic acids is 2. The van der Waals surface area contributed by atoms with Crippen molar-refractivity contribution in [3.63, 3.8) is 0 Å². The minimum Gasteiger partial charge on any atom is -0.481 e. The molecule has 52 heavy (non-hydrogen) atoms. The Balaban J connectivity index is -0.000000344. The molecule has 0 rings (SSSR count). The van der Waals surface area contributed by atoms with E-state index < -0.39 is 17.4 Å². The van der Waals surface area contributed by atoms with Crippen LogP contribution in [0.1, 0.15) is 233 Å². The Morgan fingerprint density at radius 3 is 0.750 bits per heavy atom. The fourth-order valence-corrected chi connectivity index (χ4v) is 6.13. The summed E-state index contributed by atoms with van der Waals surface area (Å²) in [5, 5.41) is 43.8. The molecular formula is C44H90O8. The molecule has 0 atom stereocenters. The second kappa shape index (κ2) is 47.5. The van der Waals surface area contributed by atoms with Gasteiger partial charge in [-0.15, -0.1) is 0 Å². The van der Waals surface area contributed by atoms with Gasteiger partial charge >= 0.3 is 11.9 Å². The van der Waals surface area contributed by atoms with E-state index in [1.54, 1.807) is 13.0 Å². The molecule has 314 valence electrons. The van der Waals surface area contributed by atoms with Crippen molar-refractivity contribution in [2.24, 2.45) is 5.41 Å². The van der Waals surface area contributed by atoms with Crippen LogP contribution in [0.15, 0.2) is 11.6 Å². The lowest BCUT2D eigenvalue weighted by molar-refractivity contribution is -0.138. The second-order valence-electron chi connectivity index (χ2n) is 14.9. The average molecular weight is 747 g/mol. The maximum absolute atomic E-state index is 10.3. The first-order valence-electron chi connectivity index (χ1n) is 21.6. The molecule has 0 bridgehead atoms. The predicted octanol–water partition coefficient (Wildman–Crippen LogP) is 11.8. The number of hydrogen-bond acceptors (Lipinski definition) is 5. The molecule has 0 aromatic rings. The number of carbonyl (C=O) groups is 2. The quantitative estimate of drug-likeness (QED) is 0.0314. The molecule has 7 N–H and O–H groups in total. The summed E-state index contributed by atoms with van der Waals surface area (Å²) in [5.74, 6) is -1.31. The van der Waals surface area contributed by atoms with Crippen LogP contribution in [0.25, 0.3) is 0 Å². The van der Waals surface area contributed by atoms with Crippen molar-refractivity contribution in [2.75, 3.05) is 19.8 Å². The molecule has 0 radical (unpaired) electrons. The van der Waals surface area contributed by atoms with Gasteiger partial charge in [-0.25, -0.2) is 0 Å². The zero-order chi connectivity index (χ0) is 38.7. The molecule has 0 fully saturated rings. The van der Waals surface area contributed by atoms with Gasteiger partial charge in [0.2, 0.25) is 0 Å². The van der Waals surface area contributed by atoms with E-state index in [2.05, 4.69) is 13.8 Å². The first-order valence-corrected chi connectivity index (χ1v) is 21.6. The van der Waals surface area contributed by atoms with Gasteiger partial charge in [0.05, 0.1) is 25.2 Å². The van der Waals surface area contributed by atoms with Gasteiger partial charge in [-0.2, -0.15) is 0 Å². The zero-order valence-electron chi connectivity index (χ0n) is 34.9. The number of aliphatic hydroxyl groups is 3. The smallest absolute Gasteiger partial charge is 0.303 e. The highest BCUT2D eigenvalue weighted by Gasteiger charge is 2.29. The molecule has 0 spiro atoms. The highest BCUT2D eigenvalue weighted by Crippen LogP contribution is 2.25. The molecule has 0 saturated carbocycles. The summed E-state index contributed by atoms with van der Waals surface area (Å²) in [7, 11) is 0. The number of carboxylic acid groups (broad SMARTS) is 2. The van der Waals surface area contributed by atoms with E-state index >= 15 is 0 Å². The van der Waals surface area contributed by atoms with Crippen molar-refractivity contribution in [1.29, 1.82) is 0 Å². The van der Waals surface area contributed by atoms with Crippen molar-refractivity contribution in [1.82, 2.24) is 0 Å². The molecule has 0 aromatic carbocycles. The Labute approximate surface area is 322 Å². The van der Waals surface area contributed by atoms with Crippen LogP contribution in [0.3, 0.4) is 0 Å². The Morgan fingerprint density at radius 1 is 0.423 bits per heavy atom. The van der Waals surface area contributed by atoms with Gasteiger partial charge in [-0.05, 0) is 26.7 Å². The fourth-order valence-electron chi connectivity index (χ4n) is 6.13. The lowest BCUT2D eigenvalue weighted by atomic mass is 9.83. The number of aliphatic hydroxyl groups excluding tert-OH is 3. The van der Waals surface area contributed by atoms with Crippen molar-refractivity contribution < 1.29 is 40.6 Å². The van der Waals surface area contributed by atoms with Crippen LogP contribution < -0.4 is 0 Å². The van der Waals surface area contributed by atoms with E-state index in [4.69, 9.17) is 25.5 Å². The summed E-state index contributed by atoms with van der Waals surface area (Å²) < 4.78 is 0. The second-order valence-corrected chi connectivity index (χ2v) is 14.9. The highest BCUT2D eigenvalue weighted by atomic mass is 16.4. The summed E-state index contributed by atoms with van der Waals surface area (Å²) in [6.07, 6.45) is 42.2. The van der Waals surface area contributed by atoms with Crippen LogP contribution in [0, 0.1) is 5.41 Å². The number of unbranched alkanes of at least 4 members (excludes halogenated alkanes) is 28. The Morgan fingerprint density at radius 2 is 0.615 bits per heavy atom. The van der Waals surface area contributed by atoms with E-state index in [1.165, 1.54) is 167 Å². The summed E-state index contributed by atoms with van der Waals surface area (Å²) in [6.45, 7) is 7.45. The maximum Gasteiger partial charge on any atom is 0.303 e. The molecule has 0 unspecified atom stereocenters. The van der Waals surface area contributed by atoms with Crippen LogP contribution in [-0.2, 0) is 9.59 Å². The lowest BCUT2D eigenvalue weighted by Gasteiger charge is -2.28. The maximum atomic E-state index is 10.3. The Hall–Kier alpha value is -1.48. The monoisotopic (exact) mass is 747 g/mol. The van der Waals surface area contributed by atoms with E-state index in [1.807, 2.05) is 6.92 Å².